The van der Waals surface area contributed by atoms with E-state index in [1.165, 1.54) is 11.1 Å². The highest BCUT2D eigenvalue weighted by atomic mass is 79.9. The topological polar surface area (TPSA) is 16.4 Å². The molecule has 0 unspecified atom stereocenters. The quantitative estimate of drug-likeness (QED) is 0.183. The van der Waals surface area contributed by atoms with Gasteiger partial charge in [0.25, 0.3) is 0 Å². The van der Waals surface area contributed by atoms with Gasteiger partial charge in [0.15, 0.2) is 0 Å². The standard InChI is InChI=1S/C40H37BrClNO/c1-39(2,3)28-17-19-30(20-18-28)43(35-24-29(40(4,5)6)23-34(41)36(35)42)31-21-22-32-33(25-31)38(27-15-11-8-12-16-27)44-37(32)26-13-9-7-10-14-26/h7-25H,1-6H3. The molecule has 0 spiro atoms. The van der Waals surface area contributed by atoms with Crippen LogP contribution in [0.2, 0.25) is 5.02 Å². The summed E-state index contributed by atoms with van der Waals surface area (Å²) in [5.41, 5.74) is 7.49. The second-order valence-corrected chi connectivity index (χ2v) is 14.6. The number of nitrogens with zero attached hydrogens (tertiary/aromatic N) is 1. The lowest BCUT2D eigenvalue weighted by Crippen LogP contribution is -2.16. The molecule has 1 aromatic heterocycles. The highest BCUT2D eigenvalue weighted by Crippen LogP contribution is 2.47. The van der Waals surface area contributed by atoms with Crippen molar-refractivity contribution >= 4 is 55.4 Å². The molecule has 0 fully saturated rings. The molecule has 0 amide bonds. The number of furan rings is 1. The Kier molecular flexibility index (Phi) is 7.98. The fraction of sp³-hybridized carbons (Fsp3) is 0.200. The summed E-state index contributed by atoms with van der Waals surface area (Å²) in [6.07, 6.45) is 0. The van der Waals surface area contributed by atoms with Crippen LogP contribution in [0, 0.1) is 0 Å². The first-order chi connectivity index (χ1) is 20.9. The Morgan fingerprint density at radius 1 is 0.568 bits per heavy atom. The van der Waals surface area contributed by atoms with E-state index in [1.807, 2.05) is 36.4 Å². The van der Waals surface area contributed by atoms with Gasteiger partial charge < -0.3 is 9.32 Å². The predicted octanol–water partition coefficient (Wildman–Crippen LogP) is 13.2. The molecule has 0 aliphatic rings. The van der Waals surface area contributed by atoms with Crippen molar-refractivity contribution in [3.05, 3.63) is 136 Å². The van der Waals surface area contributed by atoms with Crippen molar-refractivity contribution in [1.29, 1.82) is 0 Å². The fourth-order valence-corrected chi connectivity index (χ4v) is 6.23. The fourth-order valence-electron chi connectivity index (χ4n) is 5.59. The van der Waals surface area contributed by atoms with Crippen LogP contribution in [-0.4, -0.2) is 0 Å². The summed E-state index contributed by atoms with van der Waals surface area (Å²) in [6.45, 7) is 13.4. The van der Waals surface area contributed by atoms with Crippen LogP contribution in [0.25, 0.3) is 33.4 Å². The lowest BCUT2D eigenvalue weighted by molar-refractivity contribution is 0.589. The summed E-state index contributed by atoms with van der Waals surface area (Å²) in [5, 5.41) is 2.78. The minimum Gasteiger partial charge on any atom is -0.455 e. The first-order valence-corrected chi connectivity index (χ1v) is 16.2. The number of fused-ring (bicyclic) bond motifs is 1. The zero-order valence-electron chi connectivity index (χ0n) is 26.1. The second-order valence-electron chi connectivity index (χ2n) is 13.4. The number of benzene rings is 5. The molecule has 0 aliphatic carbocycles. The first kappa shape index (κ1) is 30.2. The van der Waals surface area contributed by atoms with Gasteiger partial charge in [-0.25, -0.2) is 0 Å². The van der Waals surface area contributed by atoms with Crippen LogP contribution in [0.4, 0.5) is 17.1 Å². The van der Waals surface area contributed by atoms with Gasteiger partial charge in [0.2, 0.25) is 0 Å². The Labute approximate surface area is 274 Å². The van der Waals surface area contributed by atoms with Crippen LogP contribution in [0.5, 0.6) is 0 Å². The monoisotopic (exact) mass is 661 g/mol. The molecule has 0 saturated carbocycles. The van der Waals surface area contributed by atoms with E-state index in [4.69, 9.17) is 16.0 Å². The number of rotatable bonds is 5. The Morgan fingerprint density at radius 2 is 1.09 bits per heavy atom. The zero-order valence-corrected chi connectivity index (χ0v) is 28.4. The minimum absolute atomic E-state index is 0.0459. The largest absolute Gasteiger partial charge is 0.455 e. The Balaban J connectivity index is 1.62. The van der Waals surface area contributed by atoms with E-state index in [0.717, 1.165) is 55.0 Å². The highest BCUT2D eigenvalue weighted by molar-refractivity contribution is 9.10. The van der Waals surface area contributed by atoms with E-state index in [0.29, 0.717) is 5.02 Å². The van der Waals surface area contributed by atoms with Gasteiger partial charge in [0.1, 0.15) is 11.5 Å². The molecule has 0 saturated heterocycles. The number of anilines is 3. The molecule has 222 valence electrons. The van der Waals surface area contributed by atoms with Gasteiger partial charge in [0.05, 0.1) is 10.7 Å². The van der Waals surface area contributed by atoms with Gasteiger partial charge in [-0.1, -0.05) is 126 Å². The second kappa shape index (κ2) is 11.6. The lowest BCUT2D eigenvalue weighted by Gasteiger charge is -2.30. The Morgan fingerprint density at radius 3 is 1.64 bits per heavy atom. The first-order valence-electron chi connectivity index (χ1n) is 15.0. The van der Waals surface area contributed by atoms with Crippen molar-refractivity contribution in [3.63, 3.8) is 0 Å². The van der Waals surface area contributed by atoms with Crippen molar-refractivity contribution in [3.8, 4) is 22.6 Å². The van der Waals surface area contributed by atoms with Gasteiger partial charge in [-0.2, -0.15) is 0 Å². The number of halogens is 2. The maximum Gasteiger partial charge on any atom is 0.142 e. The molecule has 0 radical (unpaired) electrons. The predicted molar refractivity (Wildman–Crippen MR) is 192 cm³/mol. The zero-order chi connectivity index (χ0) is 31.2. The van der Waals surface area contributed by atoms with Gasteiger partial charge in [-0.05, 0) is 80.4 Å². The van der Waals surface area contributed by atoms with Crippen LogP contribution in [0.3, 0.4) is 0 Å². The smallest absolute Gasteiger partial charge is 0.142 e. The molecule has 4 heteroatoms. The normalized spacial score (nSPS) is 12.1. The van der Waals surface area contributed by atoms with Gasteiger partial charge in [-0.15, -0.1) is 0 Å². The molecule has 5 aromatic carbocycles. The summed E-state index contributed by atoms with van der Waals surface area (Å²) in [7, 11) is 0. The van der Waals surface area contributed by atoms with E-state index < -0.39 is 0 Å². The third-order valence-electron chi connectivity index (χ3n) is 8.13. The van der Waals surface area contributed by atoms with Crippen LogP contribution >= 0.6 is 27.5 Å². The molecule has 0 bridgehead atoms. The lowest BCUT2D eigenvalue weighted by atomic mass is 9.86. The van der Waals surface area contributed by atoms with Crippen molar-refractivity contribution in [1.82, 2.24) is 0 Å². The number of hydrogen-bond acceptors (Lipinski definition) is 2. The minimum atomic E-state index is -0.0663. The van der Waals surface area contributed by atoms with E-state index >= 15 is 0 Å². The average molecular weight is 663 g/mol. The summed E-state index contributed by atoms with van der Waals surface area (Å²) < 4.78 is 7.56. The van der Waals surface area contributed by atoms with Crippen LogP contribution in [0.15, 0.2) is 124 Å². The van der Waals surface area contributed by atoms with Crippen LogP contribution in [0.1, 0.15) is 52.7 Å². The summed E-state index contributed by atoms with van der Waals surface area (Å²) in [4.78, 5) is 2.26. The number of hydrogen-bond donors (Lipinski definition) is 0. The Bertz CT molecular complexity index is 1930. The molecule has 0 atom stereocenters. The average Bonchev–Trinajstić information content (AvgIpc) is 3.38. The van der Waals surface area contributed by atoms with Gasteiger partial charge in [0, 0.05) is 37.7 Å². The van der Waals surface area contributed by atoms with Crippen LogP contribution < -0.4 is 4.90 Å². The maximum absolute atomic E-state index is 7.14. The summed E-state index contributed by atoms with van der Waals surface area (Å²) in [5.74, 6) is 1.71. The SMILES string of the molecule is CC(C)(C)c1ccc(N(c2ccc3c(-c4ccccc4)oc(-c4ccccc4)c3c2)c2cc(C(C)(C)C)cc(Br)c2Cl)cc1. The van der Waals surface area contributed by atoms with E-state index in [1.54, 1.807) is 0 Å². The molecular weight excluding hydrogens is 626 g/mol. The van der Waals surface area contributed by atoms with E-state index in [2.05, 4.69) is 141 Å². The van der Waals surface area contributed by atoms with E-state index in [9.17, 15) is 0 Å². The van der Waals surface area contributed by atoms with Gasteiger partial charge in [-0.3, -0.25) is 0 Å². The molecule has 44 heavy (non-hydrogen) atoms. The van der Waals surface area contributed by atoms with Crippen molar-refractivity contribution < 1.29 is 4.42 Å². The van der Waals surface area contributed by atoms with Gasteiger partial charge >= 0.3 is 0 Å². The highest BCUT2D eigenvalue weighted by Gasteiger charge is 2.25. The summed E-state index contributed by atoms with van der Waals surface area (Å²) >= 11 is 10.9. The van der Waals surface area contributed by atoms with Crippen molar-refractivity contribution in [2.45, 2.75) is 52.4 Å². The molecule has 0 aliphatic heterocycles. The van der Waals surface area contributed by atoms with Crippen LogP contribution in [-0.2, 0) is 10.8 Å². The third-order valence-corrected chi connectivity index (χ3v) is 9.39. The molecule has 6 aromatic rings. The van der Waals surface area contributed by atoms with Crippen molar-refractivity contribution in [2.75, 3.05) is 4.90 Å². The Hall–Kier alpha value is -3.79. The summed E-state index contributed by atoms with van der Waals surface area (Å²) in [6, 6.07) is 40.4. The molecule has 6 rings (SSSR count). The van der Waals surface area contributed by atoms with Crippen molar-refractivity contribution in [2.24, 2.45) is 0 Å². The third kappa shape index (κ3) is 5.84. The molecule has 0 N–H and O–H groups in total. The molecular formula is C40H37BrClNO. The molecule has 1 heterocycles. The van der Waals surface area contributed by atoms with E-state index in [-0.39, 0.29) is 10.8 Å². The maximum atomic E-state index is 7.14. The molecule has 2 nitrogen and oxygen atoms in total.